The molecule has 4 aromatic rings. The fraction of sp³-hybridized carbons (Fsp3) is 0. The minimum Gasteiger partial charge on any atom is -0.461 e. The van der Waals surface area contributed by atoms with Gasteiger partial charge in [0.05, 0.1) is 22.2 Å². The van der Waals surface area contributed by atoms with Crippen molar-refractivity contribution in [3.8, 4) is 11.6 Å². The number of rotatable bonds is 1. The van der Waals surface area contributed by atoms with E-state index in [1.54, 1.807) is 23.2 Å². The van der Waals surface area contributed by atoms with Gasteiger partial charge in [-0.25, -0.2) is 14.5 Å². The van der Waals surface area contributed by atoms with Crippen LogP contribution in [0.1, 0.15) is 0 Å². The van der Waals surface area contributed by atoms with Gasteiger partial charge in [0.1, 0.15) is 6.33 Å². The molecule has 0 fully saturated rings. The topological polar surface area (TPSA) is 56.2 Å². The summed E-state index contributed by atoms with van der Waals surface area (Å²) in [5.74, 6) is 1.13. The summed E-state index contributed by atoms with van der Waals surface area (Å²) in [6, 6.07) is 9.17. The van der Waals surface area contributed by atoms with Crippen LogP contribution in [0.5, 0.6) is 0 Å². The van der Waals surface area contributed by atoms with Crippen molar-refractivity contribution < 1.29 is 4.42 Å². The molecule has 0 atom stereocenters. The van der Waals surface area contributed by atoms with E-state index in [-0.39, 0.29) is 0 Å². The zero-order valence-corrected chi connectivity index (χ0v) is 10.4. The Morgan fingerprint density at radius 3 is 2.95 bits per heavy atom. The van der Waals surface area contributed by atoms with Crippen molar-refractivity contribution in [1.29, 1.82) is 0 Å². The van der Waals surface area contributed by atoms with Crippen LogP contribution in [-0.2, 0) is 0 Å². The van der Waals surface area contributed by atoms with Crippen molar-refractivity contribution in [3.63, 3.8) is 0 Å². The lowest BCUT2D eigenvalue weighted by Gasteiger charge is -1.99. The zero-order chi connectivity index (χ0) is 12.8. The van der Waals surface area contributed by atoms with Gasteiger partial charge < -0.3 is 4.42 Å². The fourth-order valence-corrected chi connectivity index (χ4v) is 2.30. The number of hydrogen-bond donors (Lipinski definition) is 0. The second kappa shape index (κ2) is 3.80. The van der Waals surface area contributed by atoms with Gasteiger partial charge in [0.15, 0.2) is 11.4 Å². The highest BCUT2D eigenvalue weighted by Crippen LogP contribution is 2.26. The monoisotopic (exact) mass is 270 g/mol. The Labute approximate surface area is 112 Å². The van der Waals surface area contributed by atoms with Gasteiger partial charge in [0.25, 0.3) is 0 Å². The third-order valence-corrected chi connectivity index (χ3v) is 3.21. The van der Waals surface area contributed by atoms with Crippen molar-refractivity contribution in [1.82, 2.24) is 19.6 Å². The first-order valence-electron chi connectivity index (χ1n) is 5.66. The molecule has 0 N–H and O–H groups in total. The van der Waals surface area contributed by atoms with Gasteiger partial charge in [-0.05, 0) is 24.3 Å². The lowest BCUT2D eigenvalue weighted by Crippen LogP contribution is -1.91. The molecule has 19 heavy (non-hydrogen) atoms. The summed E-state index contributed by atoms with van der Waals surface area (Å²) >= 11 is 6.23. The third kappa shape index (κ3) is 1.52. The maximum absolute atomic E-state index is 6.23. The Balaban J connectivity index is 2.11. The summed E-state index contributed by atoms with van der Waals surface area (Å²) < 4.78 is 6.90. The molecule has 0 aliphatic rings. The molecule has 0 saturated carbocycles. The van der Waals surface area contributed by atoms with Crippen molar-refractivity contribution in [2.75, 3.05) is 0 Å². The van der Waals surface area contributed by atoms with Crippen LogP contribution in [0.2, 0.25) is 5.02 Å². The van der Waals surface area contributed by atoms with Crippen LogP contribution in [0, 0.1) is 0 Å². The SMILES string of the molecule is Clc1cccc2ncn3nc(-c4ccco4)nc3c12. The summed E-state index contributed by atoms with van der Waals surface area (Å²) in [4.78, 5) is 8.79. The molecular weight excluding hydrogens is 264 g/mol. The maximum Gasteiger partial charge on any atom is 0.217 e. The summed E-state index contributed by atoms with van der Waals surface area (Å²) in [7, 11) is 0. The van der Waals surface area contributed by atoms with E-state index in [4.69, 9.17) is 16.0 Å². The molecule has 0 unspecified atom stereocenters. The van der Waals surface area contributed by atoms with E-state index in [1.807, 2.05) is 24.3 Å². The molecule has 1 aromatic carbocycles. The van der Waals surface area contributed by atoms with Crippen molar-refractivity contribution in [3.05, 3.63) is 47.9 Å². The fourth-order valence-electron chi connectivity index (χ4n) is 2.04. The molecule has 0 spiro atoms. The van der Waals surface area contributed by atoms with Gasteiger partial charge in [0, 0.05) is 0 Å². The van der Waals surface area contributed by atoms with E-state index in [9.17, 15) is 0 Å². The maximum atomic E-state index is 6.23. The molecule has 0 aliphatic carbocycles. The predicted octanol–water partition coefficient (Wildman–Crippen LogP) is 3.19. The van der Waals surface area contributed by atoms with Crippen LogP contribution in [-0.4, -0.2) is 19.6 Å². The van der Waals surface area contributed by atoms with Crippen LogP contribution in [0.15, 0.2) is 47.3 Å². The first-order chi connectivity index (χ1) is 9.33. The van der Waals surface area contributed by atoms with E-state index < -0.39 is 0 Å². The highest BCUT2D eigenvalue weighted by molar-refractivity contribution is 6.36. The van der Waals surface area contributed by atoms with Gasteiger partial charge >= 0.3 is 0 Å². The molecule has 0 amide bonds. The standard InChI is InChI=1S/C13H7ClN4O/c14-8-3-1-4-9-11(8)13-16-12(10-5-2-6-19-10)17-18(13)7-15-9/h1-7H. The Morgan fingerprint density at radius 2 is 2.11 bits per heavy atom. The Morgan fingerprint density at radius 1 is 1.16 bits per heavy atom. The highest BCUT2D eigenvalue weighted by Gasteiger charge is 2.13. The number of furan rings is 1. The first kappa shape index (κ1) is 10.5. The number of aromatic nitrogens is 4. The van der Waals surface area contributed by atoms with Crippen LogP contribution in [0.25, 0.3) is 28.1 Å². The van der Waals surface area contributed by atoms with Crippen LogP contribution in [0.3, 0.4) is 0 Å². The first-order valence-corrected chi connectivity index (χ1v) is 6.04. The zero-order valence-electron chi connectivity index (χ0n) is 9.62. The summed E-state index contributed by atoms with van der Waals surface area (Å²) in [5.41, 5.74) is 1.46. The van der Waals surface area contributed by atoms with Crippen molar-refractivity contribution in [2.45, 2.75) is 0 Å². The summed E-state index contributed by atoms with van der Waals surface area (Å²) in [6.45, 7) is 0. The molecular formula is C13H7ClN4O. The Hall–Kier alpha value is -2.40. The normalized spacial score (nSPS) is 11.4. The minimum absolute atomic E-state index is 0.513. The van der Waals surface area contributed by atoms with Gasteiger partial charge in [-0.1, -0.05) is 17.7 Å². The second-order valence-electron chi connectivity index (χ2n) is 4.06. The van der Waals surface area contributed by atoms with Gasteiger partial charge in [0.2, 0.25) is 5.82 Å². The molecule has 0 radical (unpaired) electrons. The lowest BCUT2D eigenvalue weighted by atomic mass is 10.2. The number of nitrogens with zero attached hydrogens (tertiary/aromatic N) is 4. The number of benzene rings is 1. The van der Waals surface area contributed by atoms with Crippen LogP contribution < -0.4 is 0 Å². The smallest absolute Gasteiger partial charge is 0.217 e. The average molecular weight is 271 g/mol. The number of fused-ring (bicyclic) bond motifs is 3. The van der Waals surface area contributed by atoms with E-state index >= 15 is 0 Å². The quantitative estimate of drug-likeness (QED) is 0.533. The van der Waals surface area contributed by atoms with Gasteiger partial charge in [-0.3, -0.25) is 0 Å². The minimum atomic E-state index is 0.513. The van der Waals surface area contributed by atoms with Crippen molar-refractivity contribution in [2.24, 2.45) is 0 Å². The summed E-state index contributed by atoms with van der Waals surface area (Å²) in [6.07, 6.45) is 3.21. The van der Waals surface area contributed by atoms with Crippen LogP contribution in [0.4, 0.5) is 0 Å². The van der Waals surface area contributed by atoms with Gasteiger partial charge in [-0.2, -0.15) is 0 Å². The average Bonchev–Trinajstić information content (AvgIpc) is 3.07. The van der Waals surface area contributed by atoms with E-state index in [1.165, 1.54) is 0 Å². The third-order valence-electron chi connectivity index (χ3n) is 2.89. The van der Waals surface area contributed by atoms with E-state index in [0.717, 1.165) is 10.9 Å². The molecule has 4 rings (SSSR count). The summed E-state index contributed by atoms with van der Waals surface area (Å²) in [5, 5.41) is 5.73. The lowest BCUT2D eigenvalue weighted by molar-refractivity contribution is 0.577. The highest BCUT2D eigenvalue weighted by atomic mass is 35.5. The van der Waals surface area contributed by atoms with Crippen molar-refractivity contribution >= 4 is 28.2 Å². The van der Waals surface area contributed by atoms with E-state index in [0.29, 0.717) is 22.3 Å². The molecule has 3 heterocycles. The van der Waals surface area contributed by atoms with E-state index in [2.05, 4.69) is 15.1 Å². The Kier molecular flexibility index (Phi) is 2.10. The molecule has 0 aliphatic heterocycles. The van der Waals surface area contributed by atoms with Crippen LogP contribution >= 0.6 is 11.6 Å². The predicted molar refractivity (Wildman–Crippen MR) is 71.0 cm³/mol. The second-order valence-corrected chi connectivity index (χ2v) is 4.47. The Bertz CT molecular complexity index is 882. The van der Waals surface area contributed by atoms with Gasteiger partial charge in [-0.15, -0.1) is 5.10 Å². The molecule has 5 nitrogen and oxygen atoms in total. The molecule has 92 valence electrons. The molecule has 0 bridgehead atoms. The number of halogens is 1. The number of hydrogen-bond acceptors (Lipinski definition) is 4. The largest absolute Gasteiger partial charge is 0.461 e. The molecule has 6 heteroatoms. The molecule has 0 saturated heterocycles. The molecule has 3 aromatic heterocycles.